The molecule has 0 aliphatic heterocycles. The largest absolute Gasteiger partial charge is 0.490 e. The highest BCUT2D eigenvalue weighted by atomic mass is 127. The van der Waals surface area contributed by atoms with Gasteiger partial charge in [-0.3, -0.25) is 4.79 Å². The van der Waals surface area contributed by atoms with Crippen LogP contribution in [0.1, 0.15) is 23.6 Å². The molecule has 0 spiro atoms. The molecule has 0 radical (unpaired) electrons. The van der Waals surface area contributed by atoms with Crippen molar-refractivity contribution in [3.63, 3.8) is 0 Å². The molecular formula is C31H22F4IN3O3. The quantitative estimate of drug-likeness (QED) is 0.0954. The minimum Gasteiger partial charge on any atom is -0.490 e. The highest BCUT2D eigenvalue weighted by Gasteiger charge is 2.31. The molecule has 42 heavy (non-hydrogen) atoms. The minimum atomic E-state index is -4.58. The van der Waals surface area contributed by atoms with Crippen LogP contribution < -0.4 is 15.0 Å². The summed E-state index contributed by atoms with van der Waals surface area (Å²) in [6.45, 7) is 2.10. The molecule has 0 aliphatic carbocycles. The van der Waals surface area contributed by atoms with E-state index < -0.39 is 17.3 Å². The van der Waals surface area contributed by atoms with Crippen LogP contribution >= 0.6 is 22.6 Å². The van der Waals surface area contributed by atoms with Gasteiger partial charge in [0.05, 0.1) is 32.9 Å². The Morgan fingerprint density at radius 1 is 0.976 bits per heavy atom. The molecule has 0 saturated carbocycles. The molecule has 0 saturated heterocycles. The summed E-state index contributed by atoms with van der Waals surface area (Å²) < 4.78 is 67.8. The van der Waals surface area contributed by atoms with Crippen molar-refractivity contribution in [3.8, 4) is 22.9 Å². The van der Waals surface area contributed by atoms with E-state index >= 15 is 0 Å². The predicted octanol–water partition coefficient (Wildman–Crippen LogP) is 7.69. The van der Waals surface area contributed by atoms with Crippen LogP contribution in [0.15, 0.2) is 94.8 Å². The van der Waals surface area contributed by atoms with Crippen molar-refractivity contribution in [2.45, 2.75) is 19.7 Å². The third kappa shape index (κ3) is 6.30. The summed E-state index contributed by atoms with van der Waals surface area (Å²) in [6, 6.07) is 20.8. The van der Waals surface area contributed by atoms with Crippen molar-refractivity contribution < 1.29 is 27.0 Å². The third-order valence-corrected chi connectivity index (χ3v) is 6.99. The van der Waals surface area contributed by atoms with Crippen LogP contribution in [-0.4, -0.2) is 22.5 Å². The smallest absolute Gasteiger partial charge is 0.416 e. The lowest BCUT2D eigenvalue weighted by Gasteiger charge is -2.15. The standard InChI is InChI=1S/C31H22F4IN3O3/c1-2-41-27-15-19(14-25(36)28(27)42-18-21-8-3-5-12-24(21)32)17-37-39-29(20-9-7-10-22(16-20)31(33,34)35)38-26-13-6-4-11-23(26)30(39)40/h3-17H,2,18H2,1H3. The number of hydrogen-bond donors (Lipinski definition) is 0. The summed E-state index contributed by atoms with van der Waals surface area (Å²) in [5.41, 5.74) is -0.117. The fourth-order valence-corrected chi connectivity index (χ4v) is 4.99. The van der Waals surface area contributed by atoms with Gasteiger partial charge in [-0.05, 0) is 77.5 Å². The molecule has 0 atom stereocenters. The average Bonchev–Trinajstić information content (AvgIpc) is 2.97. The average molecular weight is 687 g/mol. The lowest BCUT2D eigenvalue weighted by atomic mass is 10.1. The number of nitrogens with zero attached hydrogens (tertiary/aromatic N) is 3. The fourth-order valence-electron chi connectivity index (χ4n) is 4.21. The van der Waals surface area contributed by atoms with Crippen molar-refractivity contribution in [2.24, 2.45) is 5.10 Å². The Balaban J connectivity index is 1.57. The second-order valence-corrected chi connectivity index (χ2v) is 10.2. The highest BCUT2D eigenvalue weighted by molar-refractivity contribution is 14.1. The molecule has 6 nitrogen and oxygen atoms in total. The molecule has 0 unspecified atom stereocenters. The first-order valence-corrected chi connectivity index (χ1v) is 13.8. The third-order valence-electron chi connectivity index (χ3n) is 6.19. The maximum atomic E-state index is 14.1. The fraction of sp³-hybridized carbons (Fsp3) is 0.129. The van der Waals surface area contributed by atoms with Gasteiger partial charge in [-0.1, -0.05) is 42.5 Å². The van der Waals surface area contributed by atoms with Gasteiger partial charge in [0.15, 0.2) is 17.3 Å². The van der Waals surface area contributed by atoms with Gasteiger partial charge in [-0.2, -0.15) is 22.9 Å². The van der Waals surface area contributed by atoms with Crippen LogP contribution in [0.3, 0.4) is 0 Å². The molecule has 5 aromatic rings. The van der Waals surface area contributed by atoms with Crippen molar-refractivity contribution in [3.05, 3.63) is 121 Å². The lowest BCUT2D eigenvalue weighted by molar-refractivity contribution is -0.137. The summed E-state index contributed by atoms with van der Waals surface area (Å²) in [5.74, 6) is 0.349. The first-order chi connectivity index (χ1) is 20.2. The van der Waals surface area contributed by atoms with E-state index in [0.29, 0.717) is 38.3 Å². The zero-order valence-corrected chi connectivity index (χ0v) is 24.2. The molecule has 0 amide bonds. The first kappa shape index (κ1) is 29.2. The number of halogens is 5. The minimum absolute atomic E-state index is 0.0192. The Kier molecular flexibility index (Phi) is 8.57. The molecule has 0 fully saturated rings. The van der Waals surface area contributed by atoms with Crippen molar-refractivity contribution in [2.75, 3.05) is 6.61 Å². The molecular weight excluding hydrogens is 665 g/mol. The number of aromatic nitrogens is 2. The lowest BCUT2D eigenvalue weighted by Crippen LogP contribution is -2.20. The van der Waals surface area contributed by atoms with Crippen LogP contribution in [0.5, 0.6) is 11.5 Å². The molecule has 11 heteroatoms. The monoisotopic (exact) mass is 687 g/mol. The first-order valence-electron chi connectivity index (χ1n) is 12.7. The molecule has 4 aromatic carbocycles. The van der Waals surface area contributed by atoms with Gasteiger partial charge in [-0.15, -0.1) is 0 Å². The molecule has 0 aliphatic rings. The van der Waals surface area contributed by atoms with Gasteiger partial charge in [0.25, 0.3) is 5.56 Å². The van der Waals surface area contributed by atoms with Gasteiger partial charge in [0, 0.05) is 11.1 Å². The topological polar surface area (TPSA) is 65.7 Å². The molecule has 0 bridgehead atoms. The number of ether oxygens (including phenoxy) is 2. The number of fused-ring (bicyclic) bond motifs is 1. The van der Waals surface area contributed by atoms with E-state index in [4.69, 9.17) is 9.47 Å². The van der Waals surface area contributed by atoms with Crippen LogP contribution in [0, 0.1) is 9.39 Å². The maximum absolute atomic E-state index is 14.1. The van der Waals surface area contributed by atoms with E-state index in [1.807, 2.05) is 0 Å². The van der Waals surface area contributed by atoms with Crippen LogP contribution in [0.25, 0.3) is 22.3 Å². The van der Waals surface area contributed by atoms with Crippen LogP contribution in [-0.2, 0) is 12.8 Å². The Morgan fingerprint density at radius 3 is 2.50 bits per heavy atom. The number of para-hydroxylation sites is 1. The Labute approximate surface area is 251 Å². The van der Waals surface area contributed by atoms with Crippen LogP contribution in [0.2, 0.25) is 0 Å². The van der Waals surface area contributed by atoms with Crippen LogP contribution in [0.4, 0.5) is 17.6 Å². The van der Waals surface area contributed by atoms with Gasteiger partial charge in [-0.25, -0.2) is 9.37 Å². The van der Waals surface area contributed by atoms with Crippen molar-refractivity contribution in [1.82, 2.24) is 9.66 Å². The van der Waals surface area contributed by atoms with Gasteiger partial charge < -0.3 is 9.47 Å². The van der Waals surface area contributed by atoms with E-state index in [9.17, 15) is 22.4 Å². The van der Waals surface area contributed by atoms with Gasteiger partial charge in [0.2, 0.25) is 0 Å². The normalized spacial score (nSPS) is 11.8. The highest BCUT2D eigenvalue weighted by Crippen LogP contribution is 2.35. The van der Waals surface area contributed by atoms with Crippen molar-refractivity contribution >= 4 is 39.7 Å². The summed E-state index contributed by atoms with van der Waals surface area (Å²) in [6.07, 6.45) is -3.19. The molecule has 214 valence electrons. The summed E-state index contributed by atoms with van der Waals surface area (Å²) in [5, 5.41) is 4.61. The van der Waals surface area contributed by atoms with E-state index in [-0.39, 0.29) is 29.2 Å². The molecule has 5 rings (SSSR count). The molecule has 1 heterocycles. The zero-order valence-electron chi connectivity index (χ0n) is 22.0. The Morgan fingerprint density at radius 2 is 1.74 bits per heavy atom. The second-order valence-electron chi connectivity index (χ2n) is 9.04. The van der Waals surface area contributed by atoms with Gasteiger partial charge >= 0.3 is 6.18 Å². The maximum Gasteiger partial charge on any atom is 0.416 e. The molecule has 0 N–H and O–H groups in total. The SMILES string of the molecule is CCOc1cc(C=Nn2c(-c3cccc(C(F)(F)F)c3)nc3ccccc3c2=O)cc(I)c1OCc1ccccc1F. The van der Waals surface area contributed by atoms with E-state index in [2.05, 4.69) is 32.7 Å². The second kappa shape index (κ2) is 12.3. The number of alkyl halides is 3. The Bertz CT molecular complexity index is 1850. The van der Waals surface area contributed by atoms with E-state index in [1.165, 1.54) is 24.4 Å². The number of benzene rings is 4. The number of hydrogen-bond acceptors (Lipinski definition) is 5. The predicted molar refractivity (Wildman–Crippen MR) is 160 cm³/mol. The summed E-state index contributed by atoms with van der Waals surface area (Å²) in [7, 11) is 0. The summed E-state index contributed by atoms with van der Waals surface area (Å²) >= 11 is 2.05. The zero-order chi connectivity index (χ0) is 29.9. The molecule has 1 aromatic heterocycles. The summed E-state index contributed by atoms with van der Waals surface area (Å²) in [4.78, 5) is 18.0. The van der Waals surface area contributed by atoms with Gasteiger partial charge in [0.1, 0.15) is 12.4 Å². The van der Waals surface area contributed by atoms with E-state index in [1.54, 1.807) is 61.5 Å². The van der Waals surface area contributed by atoms with E-state index in [0.717, 1.165) is 16.8 Å². The van der Waals surface area contributed by atoms with Crippen molar-refractivity contribution in [1.29, 1.82) is 0 Å². The Hall–Kier alpha value is -4.26. The number of rotatable bonds is 8.